The van der Waals surface area contributed by atoms with E-state index in [1.807, 2.05) is 71.9 Å². The van der Waals surface area contributed by atoms with Crippen LogP contribution in [0.4, 0.5) is 4.79 Å². The van der Waals surface area contributed by atoms with E-state index in [1.54, 1.807) is 56.5 Å². The average Bonchev–Trinajstić information content (AvgIpc) is 3.21. The normalized spacial score (nSPS) is 17.9. The second-order valence-electron chi connectivity index (χ2n) is 24.9. The molecule has 0 aliphatic carbocycles. The number of esters is 1. The molecular weight excluding hydrogens is 1150 g/mol. The summed E-state index contributed by atoms with van der Waals surface area (Å²) < 4.78 is 17.1. The zero-order chi connectivity index (χ0) is 66.8. The zero-order valence-electron chi connectivity index (χ0n) is 55.4. The molecule has 0 spiro atoms. The number of imide groups is 1. The van der Waals surface area contributed by atoms with Gasteiger partial charge < -0.3 is 61.6 Å². The van der Waals surface area contributed by atoms with Crippen LogP contribution in [0.1, 0.15) is 139 Å². The molecular formula is C64H105N11O14. The minimum atomic E-state index is -1.10. The first kappa shape index (κ1) is 76.3. The third kappa shape index (κ3) is 23.4. The molecule has 2 aliphatic heterocycles. The number of nitrogens with zero attached hydrogens (tertiary/aromatic N) is 4. The van der Waals surface area contributed by atoms with Crippen LogP contribution in [0.15, 0.2) is 42.5 Å². The molecule has 1 aromatic carbocycles. The molecule has 1 unspecified atom stereocenters. The molecule has 25 nitrogen and oxygen atoms in total. The Morgan fingerprint density at radius 3 is 1.90 bits per heavy atom. The van der Waals surface area contributed by atoms with E-state index in [1.165, 1.54) is 33.5 Å². The van der Waals surface area contributed by atoms with Crippen molar-refractivity contribution in [1.82, 2.24) is 51.5 Å². The molecule has 25 heteroatoms. The number of amides is 11. The van der Waals surface area contributed by atoms with Gasteiger partial charge in [0.2, 0.25) is 41.4 Å². The van der Waals surface area contributed by atoms with Crippen LogP contribution in [0.3, 0.4) is 0 Å². The van der Waals surface area contributed by atoms with Gasteiger partial charge in [-0.15, -0.1) is 0 Å². The number of unbranched alkanes of at least 4 members (excludes halogenated alkanes) is 2. The van der Waals surface area contributed by atoms with Crippen LogP contribution in [-0.2, 0) is 68.6 Å². The Hall–Kier alpha value is -6.99. The number of urea groups is 1. The number of primary amides is 1. The van der Waals surface area contributed by atoms with E-state index < -0.39 is 102 Å². The molecule has 89 heavy (non-hydrogen) atoms. The number of benzene rings is 1. The second kappa shape index (κ2) is 37.9. The summed E-state index contributed by atoms with van der Waals surface area (Å²) >= 11 is 0. The summed E-state index contributed by atoms with van der Waals surface area (Å²) in [5, 5.41) is 17.0. The molecule has 0 bridgehead atoms. The van der Waals surface area contributed by atoms with Gasteiger partial charge >= 0.3 is 12.0 Å². The van der Waals surface area contributed by atoms with Crippen LogP contribution in [-0.4, -0.2) is 207 Å². The summed E-state index contributed by atoms with van der Waals surface area (Å²) in [4.78, 5) is 153. The van der Waals surface area contributed by atoms with Gasteiger partial charge in [0, 0.05) is 78.5 Å². The number of likely N-dealkylation sites (tertiary alicyclic amines) is 1. The van der Waals surface area contributed by atoms with Gasteiger partial charge in [-0.05, 0) is 81.7 Å². The summed E-state index contributed by atoms with van der Waals surface area (Å²) in [6.45, 7) is 19.3. The Morgan fingerprint density at radius 1 is 0.708 bits per heavy atom. The highest BCUT2D eigenvalue weighted by atomic mass is 16.5. The van der Waals surface area contributed by atoms with Crippen molar-refractivity contribution in [3.8, 4) is 0 Å². The van der Waals surface area contributed by atoms with Gasteiger partial charge in [0.15, 0.2) is 0 Å². The van der Waals surface area contributed by atoms with Crippen molar-refractivity contribution in [2.24, 2.45) is 35.3 Å². The van der Waals surface area contributed by atoms with Crippen molar-refractivity contribution >= 4 is 65.2 Å². The van der Waals surface area contributed by atoms with Crippen molar-refractivity contribution in [3.05, 3.63) is 48.0 Å². The number of carbonyl (C=O) groups is 11. The number of carbonyl (C=O) groups excluding carboxylic acids is 11. The standard InChI is InChI=1S/C64H105N11O14/c1-16-41(8)56(48(87-13)36-52(79)74-34-24-28-47(74)57(88-14)43(10)58(80)69-46(63(85)89-15)35-44-25-19-17-20-26-44)73(12)62(84)54(39(4)5)71-61(83)55(40(6)7)72(11)37-42(9)67-59(81)45(27-23-32-66-64(65)86)68-60(82)53(38(2)3)70-49(76)29-21-18-22-33-75-50(77)30-31-51(75)78/h17,19-20,25-26,30-31,38-43,45-48,53-57H,16,18,21-24,27-29,32-37H2,1-15H3,(H,67,81)(H,68,82)(H,69,80)(H,70,76)(H,71,83)(H3,65,66,86)/t41-,42+,43+,45?,46-,47-,48+,53-,54-,55-,56-,57+/m0/s1. The van der Waals surface area contributed by atoms with Crippen LogP contribution in [0.25, 0.3) is 0 Å². The number of hydrogen-bond donors (Lipinski definition) is 7. The smallest absolute Gasteiger partial charge is 0.328 e. The molecule has 500 valence electrons. The van der Waals surface area contributed by atoms with Crippen molar-refractivity contribution in [1.29, 1.82) is 0 Å². The molecule has 2 aliphatic rings. The summed E-state index contributed by atoms with van der Waals surface area (Å²) in [7, 11) is 7.66. The monoisotopic (exact) mass is 1250 g/mol. The molecule has 1 aromatic rings. The highest BCUT2D eigenvalue weighted by Gasteiger charge is 2.44. The lowest BCUT2D eigenvalue weighted by molar-refractivity contribution is -0.149. The first-order chi connectivity index (χ1) is 42.0. The van der Waals surface area contributed by atoms with Crippen molar-refractivity contribution < 1.29 is 67.0 Å². The maximum Gasteiger partial charge on any atom is 0.328 e. The third-order valence-electron chi connectivity index (χ3n) is 17.0. The number of methoxy groups -OCH3 is 3. The van der Waals surface area contributed by atoms with E-state index in [-0.39, 0.29) is 105 Å². The Bertz CT molecular complexity index is 2530. The summed E-state index contributed by atoms with van der Waals surface area (Å²) in [5.41, 5.74) is 6.12. The number of rotatable bonds is 39. The molecule has 1 saturated heterocycles. The lowest BCUT2D eigenvalue weighted by atomic mass is 9.89. The Morgan fingerprint density at radius 2 is 1.34 bits per heavy atom. The number of ether oxygens (including phenoxy) is 3. The second-order valence-corrected chi connectivity index (χ2v) is 24.9. The molecule has 0 aromatic heterocycles. The van der Waals surface area contributed by atoms with Crippen LogP contribution in [0.5, 0.6) is 0 Å². The van der Waals surface area contributed by atoms with Crippen LogP contribution < -0.4 is 37.6 Å². The van der Waals surface area contributed by atoms with Crippen molar-refractivity contribution in [2.75, 3.05) is 61.6 Å². The lowest BCUT2D eigenvalue weighted by Crippen LogP contribution is -2.60. The molecule has 2 heterocycles. The fourth-order valence-corrected chi connectivity index (χ4v) is 11.9. The Kier molecular flexibility index (Phi) is 32.5. The average molecular weight is 1250 g/mol. The van der Waals surface area contributed by atoms with E-state index in [2.05, 4.69) is 31.9 Å². The van der Waals surface area contributed by atoms with Crippen LogP contribution in [0, 0.1) is 29.6 Å². The highest BCUT2D eigenvalue weighted by molar-refractivity contribution is 6.12. The summed E-state index contributed by atoms with van der Waals surface area (Å²) in [6.07, 6.45) is 4.86. The molecule has 0 saturated carbocycles. The number of hydrogen-bond acceptors (Lipinski definition) is 15. The topological polar surface area (TPSA) is 327 Å². The van der Waals surface area contributed by atoms with E-state index in [0.717, 1.165) is 10.5 Å². The van der Waals surface area contributed by atoms with Gasteiger partial charge in [0.1, 0.15) is 24.2 Å². The minimum Gasteiger partial charge on any atom is -0.467 e. The lowest BCUT2D eigenvalue weighted by Gasteiger charge is -2.41. The first-order valence-electron chi connectivity index (χ1n) is 31.5. The fourth-order valence-electron chi connectivity index (χ4n) is 11.9. The molecule has 8 N–H and O–H groups in total. The van der Waals surface area contributed by atoms with Crippen LogP contribution >= 0.6 is 0 Å². The van der Waals surface area contributed by atoms with E-state index in [4.69, 9.17) is 19.9 Å². The first-order valence-corrected chi connectivity index (χ1v) is 31.5. The van der Waals surface area contributed by atoms with Gasteiger partial charge in [-0.3, -0.25) is 53.0 Å². The largest absolute Gasteiger partial charge is 0.467 e. The van der Waals surface area contributed by atoms with Gasteiger partial charge in [-0.2, -0.15) is 0 Å². The Labute approximate surface area is 527 Å². The molecule has 0 radical (unpaired) electrons. The molecule has 12 atom stereocenters. The highest BCUT2D eigenvalue weighted by Crippen LogP contribution is 2.30. The minimum absolute atomic E-state index is 0.0893. The SMILES string of the molecule is CC[C@H](C)[C@@H]([C@@H](CC(=O)N1CCC[C@H]1[C@H](OC)[C@@H](C)C(=O)N[C@@H](Cc1ccccc1)C(=O)OC)OC)N(C)C(=O)[C@@H](NC(=O)[C@H](C(C)C)N(C)C[C@@H](C)NC(=O)C(CCCNC(N)=O)NC(=O)[C@@H](NC(=O)CCCCCN1C(=O)C=CC1=O)C(C)C)C(C)C. The number of nitrogens with two attached hydrogens (primary N) is 1. The quantitative estimate of drug-likeness (QED) is 0.0283. The molecule has 1 fully saturated rings. The third-order valence-corrected chi connectivity index (χ3v) is 17.0. The number of likely N-dealkylation sites (N-methyl/N-ethyl adjacent to an activating group) is 2. The predicted octanol–water partition coefficient (Wildman–Crippen LogP) is 2.97. The predicted molar refractivity (Wildman–Crippen MR) is 336 cm³/mol. The van der Waals surface area contributed by atoms with Gasteiger partial charge in [0.25, 0.3) is 11.8 Å². The fraction of sp³-hybridized carbons (Fsp3) is 0.703. The summed E-state index contributed by atoms with van der Waals surface area (Å²) in [6, 6.07) is 2.00. The summed E-state index contributed by atoms with van der Waals surface area (Å²) in [5.74, 6) is -6.30. The van der Waals surface area contributed by atoms with Crippen molar-refractivity contribution in [2.45, 2.75) is 200 Å². The zero-order valence-corrected chi connectivity index (χ0v) is 55.4. The van der Waals surface area contributed by atoms with E-state index in [9.17, 15) is 52.7 Å². The van der Waals surface area contributed by atoms with E-state index >= 15 is 0 Å². The van der Waals surface area contributed by atoms with E-state index in [0.29, 0.717) is 45.1 Å². The van der Waals surface area contributed by atoms with Crippen molar-refractivity contribution in [3.63, 3.8) is 0 Å². The van der Waals surface area contributed by atoms with Gasteiger partial charge in [0.05, 0.1) is 49.8 Å². The molecule has 3 rings (SSSR count). The van der Waals surface area contributed by atoms with Gasteiger partial charge in [-0.25, -0.2) is 9.59 Å². The van der Waals surface area contributed by atoms with Gasteiger partial charge in [-0.1, -0.05) is 105 Å². The Balaban J connectivity index is 1.73. The number of nitrogens with one attached hydrogen (secondary N) is 6. The molecule has 11 amide bonds. The maximum absolute atomic E-state index is 14.9. The van der Waals surface area contributed by atoms with Crippen LogP contribution in [0.2, 0.25) is 0 Å². The maximum atomic E-state index is 14.9.